The molecule has 7 nitrogen and oxygen atoms in total. The molecule has 1 aliphatic heterocycles. The summed E-state index contributed by atoms with van der Waals surface area (Å²) in [4.78, 5) is 28.0. The number of ether oxygens (including phenoxy) is 1. The molecule has 2 heterocycles. The number of aromatic nitrogens is 1. The zero-order valence-electron chi connectivity index (χ0n) is 13.1. The van der Waals surface area contributed by atoms with Crippen LogP contribution in [0.5, 0.6) is 0 Å². The van der Waals surface area contributed by atoms with E-state index in [-0.39, 0.29) is 42.5 Å². The van der Waals surface area contributed by atoms with E-state index in [2.05, 4.69) is 15.6 Å². The van der Waals surface area contributed by atoms with Crippen molar-refractivity contribution >= 4 is 48.1 Å². The normalized spacial score (nSPS) is 18.5. The minimum Gasteiger partial charge on any atom is -0.381 e. The van der Waals surface area contributed by atoms with Crippen LogP contribution in [0.4, 0.5) is 11.5 Å². The number of anilines is 2. The summed E-state index contributed by atoms with van der Waals surface area (Å²) in [5.74, 6) is 0.398. The molecule has 1 aromatic heterocycles. The van der Waals surface area contributed by atoms with Crippen LogP contribution in [0.2, 0.25) is 0 Å². The summed E-state index contributed by atoms with van der Waals surface area (Å²) in [5.41, 5.74) is 5.79. The molecule has 0 aromatic carbocycles. The second-order valence-electron chi connectivity index (χ2n) is 5.92. The first kappa shape index (κ1) is 20.6. The van der Waals surface area contributed by atoms with Crippen LogP contribution in [0.1, 0.15) is 25.7 Å². The molecule has 1 saturated carbocycles. The summed E-state index contributed by atoms with van der Waals surface area (Å²) in [6.45, 7) is 0.989. The van der Waals surface area contributed by atoms with Crippen molar-refractivity contribution in [2.45, 2.75) is 31.2 Å². The molecule has 1 saturated heterocycles. The Hall–Kier alpha value is -1.41. The third-order valence-corrected chi connectivity index (χ3v) is 4.06. The molecule has 1 aromatic rings. The average Bonchev–Trinajstić information content (AvgIpc) is 3.35. The fourth-order valence-corrected chi connectivity index (χ4v) is 2.33. The summed E-state index contributed by atoms with van der Waals surface area (Å²) in [6, 6.07) is 3.37. The van der Waals surface area contributed by atoms with Crippen LogP contribution >= 0.6 is 24.8 Å². The van der Waals surface area contributed by atoms with Gasteiger partial charge in [0.05, 0.1) is 11.9 Å². The number of pyridine rings is 1. The zero-order valence-corrected chi connectivity index (χ0v) is 14.8. The van der Waals surface area contributed by atoms with Crippen LogP contribution < -0.4 is 16.4 Å². The Kier molecular flexibility index (Phi) is 7.41. The van der Waals surface area contributed by atoms with E-state index >= 15 is 0 Å². The number of nitrogens with zero attached hydrogens (tertiary/aromatic N) is 1. The highest BCUT2D eigenvalue weighted by Crippen LogP contribution is 2.30. The van der Waals surface area contributed by atoms with Gasteiger partial charge in [0.15, 0.2) is 0 Å². The Morgan fingerprint density at radius 3 is 2.38 bits per heavy atom. The van der Waals surface area contributed by atoms with Crippen molar-refractivity contribution in [2.24, 2.45) is 11.7 Å². The van der Waals surface area contributed by atoms with Crippen LogP contribution in [-0.2, 0) is 14.3 Å². The molecule has 2 fully saturated rings. The summed E-state index contributed by atoms with van der Waals surface area (Å²) in [5, 5.41) is 5.52. The van der Waals surface area contributed by atoms with Gasteiger partial charge in [0.25, 0.3) is 0 Å². The highest BCUT2D eigenvalue weighted by Gasteiger charge is 2.36. The van der Waals surface area contributed by atoms with E-state index < -0.39 is 5.54 Å². The molecule has 2 aliphatic rings. The Labute approximate surface area is 152 Å². The summed E-state index contributed by atoms with van der Waals surface area (Å²) < 4.78 is 5.23. The maximum Gasteiger partial charge on any atom is 0.244 e. The molecule has 9 heteroatoms. The standard InChI is InChI=1S/C15H20N4O3.2ClH/c16-15(5-7-22-8-6-15)14(21)18-11-3-4-12(17-9-11)19-13(20)10-1-2-10;;/h3-4,9-10H,1-2,5-8,16H2,(H,18,21)(H,17,19,20);2*1H. The number of nitrogens with two attached hydrogens (primary N) is 1. The molecule has 0 radical (unpaired) electrons. The maximum atomic E-state index is 12.3. The number of halogens is 2. The minimum absolute atomic E-state index is 0. The highest BCUT2D eigenvalue weighted by atomic mass is 35.5. The van der Waals surface area contributed by atoms with Crippen molar-refractivity contribution < 1.29 is 14.3 Å². The van der Waals surface area contributed by atoms with Crippen LogP contribution in [0.3, 0.4) is 0 Å². The van der Waals surface area contributed by atoms with E-state index in [0.29, 0.717) is 37.6 Å². The number of carbonyl (C=O) groups is 2. The van der Waals surface area contributed by atoms with E-state index in [1.54, 1.807) is 12.1 Å². The van der Waals surface area contributed by atoms with Gasteiger partial charge in [-0.15, -0.1) is 24.8 Å². The smallest absolute Gasteiger partial charge is 0.244 e. The average molecular weight is 377 g/mol. The van der Waals surface area contributed by atoms with Crippen molar-refractivity contribution in [3.8, 4) is 0 Å². The SMILES string of the molecule is Cl.Cl.NC1(C(=O)Nc2ccc(NC(=O)C3CC3)nc2)CCOCC1. The van der Waals surface area contributed by atoms with E-state index in [9.17, 15) is 9.59 Å². The fraction of sp³-hybridized carbons (Fsp3) is 0.533. The molecule has 4 N–H and O–H groups in total. The number of rotatable bonds is 4. The topological polar surface area (TPSA) is 106 Å². The number of hydrogen-bond donors (Lipinski definition) is 3. The van der Waals surface area contributed by atoms with E-state index in [4.69, 9.17) is 10.5 Å². The van der Waals surface area contributed by atoms with Gasteiger partial charge < -0.3 is 21.1 Å². The van der Waals surface area contributed by atoms with Gasteiger partial charge >= 0.3 is 0 Å². The van der Waals surface area contributed by atoms with Crippen LogP contribution in [-0.4, -0.2) is 35.6 Å². The molecular weight excluding hydrogens is 355 g/mol. The molecule has 2 amide bonds. The Bertz CT molecular complexity index is 573. The number of carbonyl (C=O) groups excluding carboxylic acids is 2. The van der Waals surface area contributed by atoms with Crippen molar-refractivity contribution in [3.63, 3.8) is 0 Å². The first-order valence-corrected chi connectivity index (χ1v) is 7.52. The molecule has 24 heavy (non-hydrogen) atoms. The zero-order chi connectivity index (χ0) is 15.6. The van der Waals surface area contributed by atoms with Gasteiger partial charge in [0.1, 0.15) is 11.4 Å². The number of hydrogen-bond acceptors (Lipinski definition) is 5. The molecule has 134 valence electrons. The third kappa shape index (κ3) is 5.04. The Balaban J connectivity index is 0.00000144. The monoisotopic (exact) mass is 376 g/mol. The first-order valence-electron chi connectivity index (χ1n) is 7.52. The molecule has 0 bridgehead atoms. The van der Waals surface area contributed by atoms with Gasteiger partial charge in [0.2, 0.25) is 11.8 Å². The minimum atomic E-state index is -0.892. The number of nitrogens with one attached hydrogen (secondary N) is 2. The van der Waals surface area contributed by atoms with Crippen molar-refractivity contribution in [3.05, 3.63) is 18.3 Å². The van der Waals surface area contributed by atoms with Gasteiger partial charge in [-0.05, 0) is 37.8 Å². The lowest BCUT2D eigenvalue weighted by Crippen LogP contribution is -2.54. The lowest BCUT2D eigenvalue weighted by atomic mass is 9.90. The second-order valence-corrected chi connectivity index (χ2v) is 5.92. The molecular formula is C15H22Cl2N4O3. The molecule has 1 aliphatic carbocycles. The Morgan fingerprint density at radius 2 is 1.83 bits per heavy atom. The van der Waals surface area contributed by atoms with Gasteiger partial charge in [-0.2, -0.15) is 0 Å². The van der Waals surface area contributed by atoms with E-state index in [1.165, 1.54) is 6.20 Å². The quantitative estimate of drug-likeness (QED) is 0.741. The Morgan fingerprint density at radius 1 is 1.17 bits per heavy atom. The lowest BCUT2D eigenvalue weighted by Gasteiger charge is -2.31. The van der Waals surface area contributed by atoms with Crippen LogP contribution in [0, 0.1) is 5.92 Å². The second kappa shape index (κ2) is 8.62. The van der Waals surface area contributed by atoms with Crippen molar-refractivity contribution in [1.82, 2.24) is 4.98 Å². The van der Waals surface area contributed by atoms with Crippen molar-refractivity contribution in [1.29, 1.82) is 0 Å². The largest absolute Gasteiger partial charge is 0.381 e. The van der Waals surface area contributed by atoms with Crippen molar-refractivity contribution in [2.75, 3.05) is 23.8 Å². The summed E-state index contributed by atoms with van der Waals surface area (Å²) in [7, 11) is 0. The van der Waals surface area contributed by atoms with Gasteiger partial charge in [0, 0.05) is 19.1 Å². The summed E-state index contributed by atoms with van der Waals surface area (Å²) >= 11 is 0. The predicted octanol–water partition coefficient (Wildman–Crippen LogP) is 1.72. The molecule has 0 unspecified atom stereocenters. The predicted molar refractivity (Wildman–Crippen MR) is 95.7 cm³/mol. The van der Waals surface area contributed by atoms with E-state index in [1.807, 2.05) is 0 Å². The van der Waals surface area contributed by atoms with Crippen LogP contribution in [0.15, 0.2) is 18.3 Å². The van der Waals surface area contributed by atoms with Gasteiger partial charge in [-0.25, -0.2) is 4.98 Å². The van der Waals surface area contributed by atoms with Gasteiger partial charge in [-0.3, -0.25) is 9.59 Å². The maximum absolute atomic E-state index is 12.3. The van der Waals surface area contributed by atoms with Gasteiger partial charge in [-0.1, -0.05) is 0 Å². The first-order chi connectivity index (χ1) is 10.6. The summed E-state index contributed by atoms with van der Waals surface area (Å²) in [6.07, 6.45) is 4.41. The molecule has 0 spiro atoms. The van der Waals surface area contributed by atoms with E-state index in [0.717, 1.165) is 12.8 Å². The third-order valence-electron chi connectivity index (χ3n) is 4.06. The lowest BCUT2D eigenvalue weighted by molar-refractivity contribution is -0.124. The fourth-order valence-electron chi connectivity index (χ4n) is 2.33. The molecule has 3 rings (SSSR count). The van der Waals surface area contributed by atoms with Crippen LogP contribution in [0.25, 0.3) is 0 Å². The molecule has 0 atom stereocenters. The highest BCUT2D eigenvalue weighted by molar-refractivity contribution is 5.98. The number of amides is 2.